The molecular weight excluding hydrogens is 298 g/mol. The molecule has 1 fully saturated rings. The molecule has 0 aromatic carbocycles. The summed E-state index contributed by atoms with van der Waals surface area (Å²) in [5, 5.41) is 19.3. The predicted molar refractivity (Wildman–Crippen MR) is 72.3 cm³/mol. The monoisotopic (exact) mass is 311 g/mol. The maximum atomic E-state index is 12.4. The molecule has 1 amide bonds. The van der Waals surface area contributed by atoms with Gasteiger partial charge in [-0.25, -0.2) is 9.78 Å². The maximum Gasteiger partial charge on any atom is 0.326 e. The molecule has 0 unspecified atom stereocenters. The summed E-state index contributed by atoms with van der Waals surface area (Å²) < 4.78 is 1.42. The number of hydrogen-bond acceptors (Lipinski definition) is 6. The summed E-state index contributed by atoms with van der Waals surface area (Å²) in [6.07, 6.45) is 0.269. The van der Waals surface area contributed by atoms with Crippen LogP contribution in [-0.4, -0.2) is 61.0 Å². The van der Waals surface area contributed by atoms with Gasteiger partial charge in [0.1, 0.15) is 11.6 Å². The molecule has 0 saturated carbocycles. The highest BCUT2D eigenvalue weighted by atomic mass is 32.2. The smallest absolute Gasteiger partial charge is 0.326 e. The van der Waals surface area contributed by atoms with E-state index < -0.39 is 29.6 Å². The van der Waals surface area contributed by atoms with Crippen molar-refractivity contribution in [3.63, 3.8) is 0 Å². The van der Waals surface area contributed by atoms with Gasteiger partial charge >= 0.3 is 5.97 Å². The number of likely N-dealkylation sites (tertiary alicyclic amines) is 1. The first-order chi connectivity index (χ1) is 9.99. The highest BCUT2D eigenvalue weighted by Gasteiger charge is 2.40. The van der Waals surface area contributed by atoms with E-state index in [2.05, 4.69) is 4.98 Å². The predicted octanol–water partition coefficient (Wildman–Crippen LogP) is -0.991. The number of carboxylic acids is 1. The fourth-order valence-electron chi connectivity index (χ4n) is 2.59. The van der Waals surface area contributed by atoms with Crippen LogP contribution in [0.4, 0.5) is 0 Å². The van der Waals surface area contributed by atoms with Crippen LogP contribution in [0.3, 0.4) is 0 Å². The van der Waals surface area contributed by atoms with Crippen molar-refractivity contribution in [3.05, 3.63) is 22.1 Å². The summed E-state index contributed by atoms with van der Waals surface area (Å²) in [5.41, 5.74) is -0.609. The average Bonchev–Trinajstić information content (AvgIpc) is 3.05. The van der Waals surface area contributed by atoms with Gasteiger partial charge in [-0.05, 0) is 0 Å². The van der Waals surface area contributed by atoms with E-state index in [1.54, 1.807) is 0 Å². The van der Waals surface area contributed by atoms with E-state index in [-0.39, 0.29) is 18.5 Å². The third-order valence-electron chi connectivity index (χ3n) is 3.61. The van der Waals surface area contributed by atoms with E-state index >= 15 is 0 Å². The molecule has 2 aliphatic heterocycles. The maximum absolute atomic E-state index is 12.4. The standard InChI is InChI=1S/C12H13N3O5S/c16-6-3-8(11(19)20)15(5-6)10(18)7-4-13-12-14(9(7)17)1-2-21-12/h4,6,8,16H,1-3,5H2,(H,19,20)/t6-,8-/m1/s1. The second-order valence-corrected chi connectivity index (χ2v) is 6.02. The van der Waals surface area contributed by atoms with Crippen molar-refractivity contribution in [1.82, 2.24) is 14.5 Å². The molecule has 2 N–H and O–H groups in total. The van der Waals surface area contributed by atoms with Crippen LogP contribution in [0.2, 0.25) is 0 Å². The van der Waals surface area contributed by atoms with Gasteiger partial charge in [-0.15, -0.1) is 0 Å². The van der Waals surface area contributed by atoms with E-state index in [0.29, 0.717) is 11.7 Å². The fourth-order valence-corrected chi connectivity index (χ4v) is 3.51. The minimum absolute atomic E-state index is 0.0311. The SMILES string of the molecule is O=C(O)[C@H]1C[C@@H](O)CN1C(=O)c1cnc2n(c1=O)CCS2. The quantitative estimate of drug-likeness (QED) is 0.674. The van der Waals surface area contributed by atoms with Crippen LogP contribution in [0.1, 0.15) is 16.8 Å². The molecule has 0 spiro atoms. The molecule has 0 radical (unpaired) electrons. The Balaban J connectivity index is 1.96. The molecule has 21 heavy (non-hydrogen) atoms. The molecule has 0 aliphatic carbocycles. The number of nitrogens with zero attached hydrogens (tertiary/aromatic N) is 3. The molecule has 8 nitrogen and oxygen atoms in total. The number of carboxylic acid groups (broad SMARTS) is 1. The number of rotatable bonds is 2. The van der Waals surface area contributed by atoms with Gasteiger partial charge in [-0.3, -0.25) is 14.2 Å². The first-order valence-corrected chi connectivity index (χ1v) is 7.42. The lowest BCUT2D eigenvalue weighted by atomic mass is 10.2. The van der Waals surface area contributed by atoms with Gasteiger partial charge in [-0.1, -0.05) is 11.8 Å². The summed E-state index contributed by atoms with van der Waals surface area (Å²) in [5.74, 6) is -1.16. The topological polar surface area (TPSA) is 113 Å². The third-order valence-corrected chi connectivity index (χ3v) is 4.58. The number of amides is 1. The molecule has 3 heterocycles. The number of carbonyl (C=O) groups is 2. The summed E-state index contributed by atoms with van der Waals surface area (Å²) in [6.45, 7) is 0.393. The van der Waals surface area contributed by atoms with E-state index in [1.807, 2.05) is 0 Å². The van der Waals surface area contributed by atoms with Crippen LogP contribution in [0.5, 0.6) is 0 Å². The van der Waals surface area contributed by atoms with Crippen molar-refractivity contribution in [3.8, 4) is 0 Å². The Labute approximate surface area is 123 Å². The Hall–Kier alpha value is -1.87. The molecule has 9 heteroatoms. The van der Waals surface area contributed by atoms with Crippen molar-refractivity contribution < 1.29 is 19.8 Å². The van der Waals surface area contributed by atoms with Gasteiger partial charge in [0.15, 0.2) is 5.16 Å². The second-order valence-electron chi connectivity index (χ2n) is 4.96. The van der Waals surface area contributed by atoms with Crippen LogP contribution in [0.25, 0.3) is 0 Å². The summed E-state index contributed by atoms with van der Waals surface area (Å²) in [6, 6.07) is -1.11. The molecule has 1 aromatic heterocycles. The Morgan fingerprint density at radius 2 is 2.19 bits per heavy atom. The van der Waals surface area contributed by atoms with Crippen LogP contribution in [0.15, 0.2) is 16.1 Å². The van der Waals surface area contributed by atoms with Gasteiger partial charge in [-0.2, -0.15) is 0 Å². The molecule has 2 aliphatic rings. The number of hydrogen-bond donors (Lipinski definition) is 2. The number of aliphatic carboxylic acids is 1. The molecule has 0 bridgehead atoms. The Morgan fingerprint density at radius 1 is 1.43 bits per heavy atom. The van der Waals surface area contributed by atoms with Crippen molar-refractivity contribution in [2.75, 3.05) is 12.3 Å². The largest absolute Gasteiger partial charge is 0.480 e. The van der Waals surface area contributed by atoms with Crippen LogP contribution >= 0.6 is 11.8 Å². The fraction of sp³-hybridized carbons (Fsp3) is 0.500. The van der Waals surface area contributed by atoms with E-state index in [4.69, 9.17) is 5.11 Å². The van der Waals surface area contributed by atoms with Gasteiger partial charge in [0.25, 0.3) is 11.5 Å². The lowest BCUT2D eigenvalue weighted by molar-refractivity contribution is -0.141. The Bertz CT molecular complexity index is 673. The van der Waals surface area contributed by atoms with E-state index in [1.165, 1.54) is 22.5 Å². The number of aliphatic hydroxyl groups excluding tert-OH is 1. The number of fused-ring (bicyclic) bond motifs is 1. The first kappa shape index (κ1) is 14.1. The van der Waals surface area contributed by atoms with Crippen LogP contribution in [-0.2, 0) is 11.3 Å². The number of carbonyl (C=O) groups excluding carboxylic acids is 1. The van der Waals surface area contributed by atoms with Crippen LogP contribution < -0.4 is 5.56 Å². The number of β-amino-alcohol motifs (C(OH)–C–C–N with tert-alkyl or cyclic N) is 1. The number of thioether (sulfide) groups is 1. The van der Waals surface area contributed by atoms with Crippen molar-refractivity contribution in [2.24, 2.45) is 0 Å². The van der Waals surface area contributed by atoms with Crippen molar-refractivity contribution in [2.45, 2.75) is 30.3 Å². The van der Waals surface area contributed by atoms with E-state index in [9.17, 15) is 19.5 Å². The lowest BCUT2D eigenvalue weighted by Gasteiger charge is -2.20. The molecule has 2 atom stereocenters. The molecule has 3 rings (SSSR count). The minimum atomic E-state index is -1.19. The van der Waals surface area contributed by atoms with E-state index in [0.717, 1.165) is 10.7 Å². The van der Waals surface area contributed by atoms with Crippen molar-refractivity contribution in [1.29, 1.82) is 0 Å². The molecular formula is C12H13N3O5S. The molecule has 1 aromatic rings. The zero-order valence-corrected chi connectivity index (χ0v) is 11.7. The van der Waals surface area contributed by atoms with Gasteiger partial charge in [0.2, 0.25) is 0 Å². The highest BCUT2D eigenvalue weighted by Crippen LogP contribution is 2.23. The molecule has 112 valence electrons. The van der Waals surface area contributed by atoms with Gasteiger partial charge < -0.3 is 15.1 Å². The first-order valence-electron chi connectivity index (χ1n) is 6.43. The van der Waals surface area contributed by atoms with Crippen molar-refractivity contribution >= 4 is 23.6 Å². The summed E-state index contributed by atoms with van der Waals surface area (Å²) in [7, 11) is 0. The normalized spacial score (nSPS) is 24.1. The summed E-state index contributed by atoms with van der Waals surface area (Å²) >= 11 is 1.43. The molecule has 1 saturated heterocycles. The third kappa shape index (κ3) is 2.32. The number of aliphatic hydroxyl groups is 1. The zero-order valence-electron chi connectivity index (χ0n) is 10.9. The summed E-state index contributed by atoms with van der Waals surface area (Å²) in [4.78, 5) is 40.9. The second kappa shape index (κ2) is 5.15. The van der Waals surface area contributed by atoms with Gasteiger partial charge in [0.05, 0.1) is 6.10 Å². The van der Waals surface area contributed by atoms with Gasteiger partial charge in [0, 0.05) is 31.5 Å². The highest BCUT2D eigenvalue weighted by molar-refractivity contribution is 7.99. The lowest BCUT2D eigenvalue weighted by Crippen LogP contribution is -2.43. The average molecular weight is 311 g/mol. The zero-order chi connectivity index (χ0) is 15.1. The van der Waals surface area contributed by atoms with Crippen LogP contribution in [0, 0.1) is 0 Å². The Kier molecular flexibility index (Phi) is 3.46. The number of aromatic nitrogens is 2. The minimum Gasteiger partial charge on any atom is -0.480 e. The Morgan fingerprint density at radius 3 is 2.90 bits per heavy atom.